The van der Waals surface area contributed by atoms with Crippen molar-refractivity contribution in [2.45, 2.75) is 4.90 Å². The van der Waals surface area contributed by atoms with E-state index in [-0.39, 0.29) is 21.3 Å². The number of fused-ring (bicyclic) bond motifs is 1. The molecule has 134 valence electrons. The van der Waals surface area contributed by atoms with Crippen LogP contribution in [0.5, 0.6) is 0 Å². The number of benzene rings is 2. The molecule has 0 bridgehead atoms. The quantitative estimate of drug-likeness (QED) is 0.687. The number of aromatic nitrogens is 1. The molecule has 0 aliphatic heterocycles. The summed E-state index contributed by atoms with van der Waals surface area (Å²) < 4.78 is 27.8. The van der Waals surface area contributed by atoms with Crippen LogP contribution in [0.15, 0.2) is 53.4 Å². The largest absolute Gasteiger partial charge is 0.354 e. The van der Waals surface area contributed by atoms with Gasteiger partial charge in [0.2, 0.25) is 0 Å². The highest BCUT2D eigenvalue weighted by Crippen LogP contribution is 2.34. The number of nitrogens with zero attached hydrogens (tertiary/aromatic N) is 1. The molecule has 3 rings (SSSR count). The molecule has 1 amide bonds. The standard InChI is InChI=1S/C17H13Cl2N3O3S/c1-20-17(23)15-9-14(16-12(19)7-10(18)8-13(16)21-15)22-26(24,25)11-5-3-2-4-6-11/h2-9H,1H3,(H,20,23)(H,21,22). The Labute approximate surface area is 160 Å². The van der Waals surface area contributed by atoms with E-state index in [4.69, 9.17) is 23.2 Å². The Hall–Kier alpha value is -2.35. The van der Waals surface area contributed by atoms with Gasteiger partial charge in [0.15, 0.2) is 0 Å². The third kappa shape index (κ3) is 3.60. The number of carbonyl (C=O) groups excluding carboxylic acids is 1. The molecule has 9 heteroatoms. The molecule has 0 radical (unpaired) electrons. The summed E-state index contributed by atoms with van der Waals surface area (Å²) in [6, 6.07) is 12.2. The molecule has 1 aromatic heterocycles. The number of hydrogen-bond acceptors (Lipinski definition) is 4. The molecule has 3 aromatic rings. The first kappa shape index (κ1) is 18.4. The first-order chi connectivity index (χ1) is 12.3. The summed E-state index contributed by atoms with van der Waals surface area (Å²) in [7, 11) is -2.43. The summed E-state index contributed by atoms with van der Waals surface area (Å²) in [5.41, 5.74) is 0.470. The van der Waals surface area contributed by atoms with Crippen molar-refractivity contribution < 1.29 is 13.2 Å². The van der Waals surface area contributed by atoms with E-state index in [1.807, 2.05) is 0 Å². The third-order valence-corrected chi connectivity index (χ3v) is 5.48. The van der Waals surface area contributed by atoms with E-state index in [1.54, 1.807) is 18.2 Å². The van der Waals surface area contributed by atoms with Crippen molar-refractivity contribution in [3.8, 4) is 0 Å². The van der Waals surface area contributed by atoms with Gasteiger partial charge in [0.1, 0.15) is 5.69 Å². The number of pyridine rings is 1. The normalized spacial score (nSPS) is 11.3. The van der Waals surface area contributed by atoms with E-state index in [1.165, 1.54) is 37.4 Å². The van der Waals surface area contributed by atoms with Gasteiger partial charge < -0.3 is 5.32 Å². The molecule has 2 N–H and O–H groups in total. The fourth-order valence-electron chi connectivity index (χ4n) is 2.41. The van der Waals surface area contributed by atoms with E-state index >= 15 is 0 Å². The van der Waals surface area contributed by atoms with Gasteiger partial charge in [-0.1, -0.05) is 41.4 Å². The summed E-state index contributed by atoms with van der Waals surface area (Å²) >= 11 is 12.3. The predicted octanol–water partition coefficient (Wildman–Crippen LogP) is 3.70. The Morgan fingerprint density at radius 2 is 1.77 bits per heavy atom. The lowest BCUT2D eigenvalue weighted by Crippen LogP contribution is -2.20. The minimum absolute atomic E-state index is 0.0316. The molecule has 0 saturated carbocycles. The average Bonchev–Trinajstić information content (AvgIpc) is 2.60. The predicted molar refractivity (Wildman–Crippen MR) is 102 cm³/mol. The molecule has 0 spiro atoms. The van der Waals surface area contributed by atoms with Crippen LogP contribution in [-0.2, 0) is 10.0 Å². The van der Waals surface area contributed by atoms with Crippen molar-refractivity contribution in [1.82, 2.24) is 10.3 Å². The Bertz CT molecular complexity index is 1100. The average molecular weight is 410 g/mol. The van der Waals surface area contributed by atoms with Crippen LogP contribution in [0, 0.1) is 0 Å². The van der Waals surface area contributed by atoms with Crippen molar-refractivity contribution in [2.75, 3.05) is 11.8 Å². The molecular weight excluding hydrogens is 397 g/mol. The number of halogens is 2. The van der Waals surface area contributed by atoms with E-state index in [2.05, 4.69) is 15.0 Å². The fourth-order valence-corrected chi connectivity index (χ4v) is 4.08. The van der Waals surface area contributed by atoms with Gasteiger partial charge in [-0.2, -0.15) is 0 Å². The van der Waals surface area contributed by atoms with Crippen LogP contribution >= 0.6 is 23.2 Å². The van der Waals surface area contributed by atoms with Crippen molar-refractivity contribution >= 4 is 55.7 Å². The first-order valence-electron chi connectivity index (χ1n) is 7.41. The molecule has 0 saturated heterocycles. The van der Waals surface area contributed by atoms with Gasteiger partial charge in [-0.15, -0.1) is 0 Å². The number of rotatable bonds is 4. The minimum atomic E-state index is -3.88. The second-order valence-electron chi connectivity index (χ2n) is 5.33. The molecular formula is C17H13Cl2N3O3S. The Morgan fingerprint density at radius 3 is 2.42 bits per heavy atom. The van der Waals surface area contributed by atoms with Crippen LogP contribution in [0.3, 0.4) is 0 Å². The number of nitrogens with one attached hydrogen (secondary N) is 2. The molecule has 26 heavy (non-hydrogen) atoms. The summed E-state index contributed by atoms with van der Waals surface area (Å²) in [4.78, 5) is 16.3. The summed E-state index contributed by atoms with van der Waals surface area (Å²) in [6.45, 7) is 0. The van der Waals surface area contributed by atoms with Crippen molar-refractivity contribution in [3.63, 3.8) is 0 Å². The summed E-state index contributed by atoms with van der Waals surface area (Å²) in [5, 5.41) is 3.34. The van der Waals surface area contributed by atoms with E-state index in [0.29, 0.717) is 15.9 Å². The molecule has 0 aliphatic carbocycles. The third-order valence-electron chi connectivity index (χ3n) is 3.58. The maximum atomic E-state index is 12.7. The van der Waals surface area contributed by atoms with Gasteiger partial charge in [0, 0.05) is 17.5 Å². The highest BCUT2D eigenvalue weighted by molar-refractivity contribution is 7.92. The van der Waals surface area contributed by atoms with Gasteiger partial charge >= 0.3 is 0 Å². The summed E-state index contributed by atoms with van der Waals surface area (Å²) in [5.74, 6) is -0.469. The van der Waals surface area contributed by atoms with Crippen LogP contribution < -0.4 is 10.0 Å². The molecule has 2 aromatic carbocycles. The zero-order chi connectivity index (χ0) is 18.9. The van der Waals surface area contributed by atoms with Gasteiger partial charge in [0.05, 0.1) is 21.1 Å². The fraction of sp³-hybridized carbons (Fsp3) is 0.0588. The van der Waals surface area contributed by atoms with Crippen molar-refractivity contribution in [1.29, 1.82) is 0 Å². The second kappa shape index (κ2) is 7.11. The molecule has 0 aliphatic rings. The lowest BCUT2D eigenvalue weighted by molar-refractivity contribution is 0.0958. The number of sulfonamides is 1. The minimum Gasteiger partial charge on any atom is -0.354 e. The lowest BCUT2D eigenvalue weighted by Gasteiger charge is -2.13. The maximum absolute atomic E-state index is 12.7. The van der Waals surface area contributed by atoms with Crippen LogP contribution in [0.2, 0.25) is 10.0 Å². The van der Waals surface area contributed by atoms with Crippen molar-refractivity contribution in [3.05, 3.63) is 64.3 Å². The highest BCUT2D eigenvalue weighted by atomic mass is 35.5. The second-order valence-corrected chi connectivity index (χ2v) is 7.86. The molecule has 0 atom stereocenters. The Kier molecular flexibility index (Phi) is 5.04. The number of hydrogen-bond donors (Lipinski definition) is 2. The Balaban J connectivity index is 2.22. The van der Waals surface area contributed by atoms with Gasteiger partial charge in [-0.25, -0.2) is 13.4 Å². The van der Waals surface area contributed by atoms with Crippen LogP contribution in [-0.4, -0.2) is 26.4 Å². The number of anilines is 1. The van der Waals surface area contributed by atoms with E-state index in [0.717, 1.165) is 0 Å². The van der Waals surface area contributed by atoms with Gasteiger partial charge in [-0.05, 0) is 30.3 Å². The monoisotopic (exact) mass is 409 g/mol. The Morgan fingerprint density at radius 1 is 1.08 bits per heavy atom. The molecule has 1 heterocycles. The van der Waals surface area contributed by atoms with Crippen LogP contribution in [0.4, 0.5) is 5.69 Å². The summed E-state index contributed by atoms with van der Waals surface area (Å²) in [6.07, 6.45) is 0. The van der Waals surface area contributed by atoms with Crippen LogP contribution in [0.1, 0.15) is 10.5 Å². The topological polar surface area (TPSA) is 88.2 Å². The smallest absolute Gasteiger partial charge is 0.269 e. The first-order valence-corrected chi connectivity index (χ1v) is 9.65. The maximum Gasteiger partial charge on any atom is 0.269 e. The zero-order valence-electron chi connectivity index (χ0n) is 13.5. The molecule has 6 nitrogen and oxygen atoms in total. The molecule has 0 unspecified atom stereocenters. The van der Waals surface area contributed by atoms with Gasteiger partial charge in [-0.3, -0.25) is 9.52 Å². The van der Waals surface area contributed by atoms with E-state index < -0.39 is 15.9 Å². The van der Waals surface area contributed by atoms with Crippen LogP contribution in [0.25, 0.3) is 10.9 Å². The SMILES string of the molecule is CNC(=O)c1cc(NS(=O)(=O)c2ccccc2)c2c(Cl)cc(Cl)cc2n1. The van der Waals surface area contributed by atoms with Crippen molar-refractivity contribution in [2.24, 2.45) is 0 Å². The zero-order valence-corrected chi connectivity index (χ0v) is 15.8. The molecule has 0 fully saturated rings. The van der Waals surface area contributed by atoms with Gasteiger partial charge in [0.25, 0.3) is 15.9 Å². The lowest BCUT2D eigenvalue weighted by atomic mass is 10.1. The highest BCUT2D eigenvalue weighted by Gasteiger charge is 2.19. The number of carbonyl (C=O) groups is 1. The number of amides is 1. The van der Waals surface area contributed by atoms with E-state index in [9.17, 15) is 13.2 Å².